The third kappa shape index (κ3) is 4.24. The van der Waals surface area contributed by atoms with Crippen molar-refractivity contribution >= 4 is 17.0 Å². The van der Waals surface area contributed by atoms with Crippen molar-refractivity contribution in [3.8, 4) is 5.75 Å². The number of methoxy groups -OCH3 is 1. The molecule has 1 atom stereocenters. The molecular formula is C24H29N5O. The van der Waals surface area contributed by atoms with Crippen molar-refractivity contribution < 1.29 is 4.74 Å². The zero-order valence-corrected chi connectivity index (χ0v) is 17.6. The zero-order valence-electron chi connectivity index (χ0n) is 17.6. The van der Waals surface area contributed by atoms with E-state index in [0.29, 0.717) is 5.70 Å². The maximum absolute atomic E-state index is 7.51. The van der Waals surface area contributed by atoms with Crippen molar-refractivity contribution in [1.82, 2.24) is 10.6 Å². The highest BCUT2D eigenvalue weighted by Crippen LogP contribution is 2.35. The van der Waals surface area contributed by atoms with Gasteiger partial charge >= 0.3 is 0 Å². The third-order valence-electron chi connectivity index (χ3n) is 5.83. The average molecular weight is 404 g/mol. The number of nitrogens with one attached hydrogen (secondary N) is 4. The highest BCUT2D eigenvalue weighted by Gasteiger charge is 2.23. The van der Waals surface area contributed by atoms with Gasteiger partial charge in [-0.2, -0.15) is 5.11 Å². The van der Waals surface area contributed by atoms with Crippen LogP contribution in [0.2, 0.25) is 0 Å². The first-order valence-corrected chi connectivity index (χ1v) is 10.5. The van der Waals surface area contributed by atoms with Gasteiger partial charge in [-0.3, -0.25) is 0 Å². The molecule has 0 spiro atoms. The van der Waals surface area contributed by atoms with Gasteiger partial charge < -0.3 is 20.7 Å². The average Bonchev–Trinajstić information content (AvgIpc) is 2.99. The molecule has 156 valence electrons. The van der Waals surface area contributed by atoms with Gasteiger partial charge in [-0.15, -0.1) is 0 Å². The van der Waals surface area contributed by atoms with E-state index >= 15 is 0 Å². The summed E-state index contributed by atoms with van der Waals surface area (Å²) in [5.41, 5.74) is 15.3. The molecule has 4 rings (SSSR count). The normalized spacial score (nSPS) is 20.2. The number of benzene rings is 2. The summed E-state index contributed by atoms with van der Waals surface area (Å²) in [5.74, 6) is 0.849. The quantitative estimate of drug-likeness (QED) is 0.533. The van der Waals surface area contributed by atoms with Gasteiger partial charge in [0, 0.05) is 24.3 Å². The lowest BCUT2D eigenvalue weighted by atomic mass is 9.91. The van der Waals surface area contributed by atoms with E-state index in [1.807, 2.05) is 19.1 Å². The Morgan fingerprint density at radius 2 is 2.00 bits per heavy atom. The molecule has 0 fully saturated rings. The Labute approximate surface area is 177 Å². The monoisotopic (exact) mass is 403 g/mol. The van der Waals surface area contributed by atoms with Gasteiger partial charge in [-0.05, 0) is 73.3 Å². The summed E-state index contributed by atoms with van der Waals surface area (Å²) >= 11 is 0. The number of rotatable bonds is 5. The lowest BCUT2D eigenvalue weighted by Gasteiger charge is -2.23. The van der Waals surface area contributed by atoms with Crippen LogP contribution in [-0.2, 0) is 0 Å². The Hall–Kier alpha value is -3.12. The molecule has 0 radical (unpaired) electrons. The Morgan fingerprint density at radius 3 is 2.70 bits per heavy atom. The van der Waals surface area contributed by atoms with E-state index in [4.69, 9.17) is 10.3 Å². The molecule has 6 heteroatoms. The van der Waals surface area contributed by atoms with Gasteiger partial charge in [0.15, 0.2) is 0 Å². The molecule has 0 saturated carbocycles. The molecule has 1 unspecified atom stereocenters. The van der Waals surface area contributed by atoms with Crippen LogP contribution in [0.3, 0.4) is 0 Å². The molecule has 2 heterocycles. The largest absolute Gasteiger partial charge is 0.497 e. The van der Waals surface area contributed by atoms with Crippen LogP contribution in [0.1, 0.15) is 42.5 Å². The van der Waals surface area contributed by atoms with Crippen LogP contribution in [0.4, 0.5) is 5.69 Å². The van der Waals surface area contributed by atoms with Crippen molar-refractivity contribution in [3.05, 3.63) is 70.9 Å². The molecule has 4 N–H and O–H groups in total. The minimum atomic E-state index is 0.152. The van der Waals surface area contributed by atoms with E-state index in [1.165, 1.54) is 16.7 Å². The van der Waals surface area contributed by atoms with Gasteiger partial charge in [0.25, 0.3) is 0 Å². The van der Waals surface area contributed by atoms with Crippen LogP contribution in [0, 0.1) is 5.53 Å². The zero-order chi connectivity index (χ0) is 20.9. The molecule has 2 aliphatic heterocycles. The second kappa shape index (κ2) is 9.13. The van der Waals surface area contributed by atoms with E-state index in [-0.39, 0.29) is 6.04 Å². The Kier molecular flexibility index (Phi) is 6.14. The van der Waals surface area contributed by atoms with Crippen LogP contribution in [0.25, 0.3) is 11.3 Å². The Morgan fingerprint density at radius 1 is 1.17 bits per heavy atom. The van der Waals surface area contributed by atoms with Gasteiger partial charge in [-0.1, -0.05) is 18.2 Å². The summed E-state index contributed by atoms with van der Waals surface area (Å²) < 4.78 is 5.29. The summed E-state index contributed by atoms with van der Waals surface area (Å²) in [5, 5.41) is 14.3. The Bertz CT molecular complexity index is 978. The SMILES string of the molecule is COc1ccc(NC2CCN/C(=C(/C)N=N)c3ccc(C4=CCNCC4)cc32)cc1. The second-order valence-electron chi connectivity index (χ2n) is 7.70. The molecule has 0 aromatic heterocycles. The van der Waals surface area contributed by atoms with Gasteiger partial charge in [0.2, 0.25) is 0 Å². The highest BCUT2D eigenvalue weighted by atomic mass is 16.5. The van der Waals surface area contributed by atoms with E-state index < -0.39 is 0 Å². The first-order chi connectivity index (χ1) is 14.7. The topological polar surface area (TPSA) is 81.5 Å². The molecule has 0 aliphatic carbocycles. The molecule has 0 amide bonds. The van der Waals surface area contributed by atoms with E-state index in [1.54, 1.807) is 7.11 Å². The first-order valence-electron chi connectivity index (χ1n) is 10.5. The summed E-state index contributed by atoms with van der Waals surface area (Å²) in [6, 6.07) is 14.9. The number of anilines is 1. The number of hydrogen-bond acceptors (Lipinski definition) is 6. The Balaban J connectivity index is 1.75. The fourth-order valence-corrected chi connectivity index (χ4v) is 4.17. The summed E-state index contributed by atoms with van der Waals surface area (Å²) in [6.45, 7) is 4.63. The number of allylic oxidation sites excluding steroid dienone is 1. The van der Waals surface area contributed by atoms with Crippen LogP contribution in [0.15, 0.2) is 59.4 Å². The van der Waals surface area contributed by atoms with Gasteiger partial charge in [0.1, 0.15) is 5.75 Å². The third-order valence-corrected chi connectivity index (χ3v) is 5.83. The van der Waals surface area contributed by atoms with Crippen LogP contribution in [-0.4, -0.2) is 26.7 Å². The molecule has 2 aliphatic rings. The maximum atomic E-state index is 7.51. The number of hydrogen-bond donors (Lipinski definition) is 4. The number of fused-ring (bicyclic) bond motifs is 1. The second-order valence-corrected chi connectivity index (χ2v) is 7.70. The molecule has 0 saturated heterocycles. The summed E-state index contributed by atoms with van der Waals surface area (Å²) in [4.78, 5) is 0. The molecule has 2 aromatic carbocycles. The highest BCUT2D eigenvalue weighted by molar-refractivity contribution is 5.75. The predicted molar refractivity (Wildman–Crippen MR) is 122 cm³/mol. The fourth-order valence-electron chi connectivity index (χ4n) is 4.17. The predicted octanol–water partition coefficient (Wildman–Crippen LogP) is 4.94. The molecule has 2 aromatic rings. The van der Waals surface area contributed by atoms with E-state index in [0.717, 1.165) is 55.2 Å². The van der Waals surface area contributed by atoms with Crippen molar-refractivity contribution in [2.45, 2.75) is 25.8 Å². The van der Waals surface area contributed by atoms with Crippen molar-refractivity contribution in [2.75, 3.05) is 32.1 Å². The van der Waals surface area contributed by atoms with E-state index in [9.17, 15) is 0 Å². The maximum Gasteiger partial charge on any atom is 0.119 e. The van der Waals surface area contributed by atoms with Crippen LogP contribution in [0.5, 0.6) is 5.75 Å². The first kappa shape index (κ1) is 20.2. The van der Waals surface area contributed by atoms with Crippen molar-refractivity contribution in [3.63, 3.8) is 0 Å². The summed E-state index contributed by atoms with van der Waals surface area (Å²) in [6.07, 6.45) is 4.25. The van der Waals surface area contributed by atoms with E-state index in [2.05, 4.69) is 57.5 Å². The molecule has 30 heavy (non-hydrogen) atoms. The standard InChI is InChI=1S/C24H29N5O/c1-16(29-25)24-21-8-3-18(17-9-12-26-13-10-17)15-22(21)23(11-14-27-24)28-19-4-6-20(30-2)7-5-19/h3-9,15,23,25-28H,10-14H2,1-2H3/b24-16-,29-25?. The summed E-state index contributed by atoms with van der Waals surface area (Å²) in [7, 11) is 1.68. The molecular weight excluding hydrogens is 374 g/mol. The van der Waals surface area contributed by atoms with Crippen molar-refractivity contribution in [2.24, 2.45) is 5.11 Å². The van der Waals surface area contributed by atoms with Crippen molar-refractivity contribution in [1.29, 1.82) is 5.53 Å². The number of nitrogens with zero attached hydrogens (tertiary/aromatic N) is 1. The molecule has 0 bridgehead atoms. The number of ether oxygens (including phenoxy) is 1. The van der Waals surface area contributed by atoms with Gasteiger partial charge in [-0.25, -0.2) is 5.53 Å². The lowest BCUT2D eigenvalue weighted by molar-refractivity contribution is 0.415. The minimum Gasteiger partial charge on any atom is -0.497 e. The van der Waals surface area contributed by atoms with Gasteiger partial charge in [0.05, 0.1) is 24.5 Å². The smallest absolute Gasteiger partial charge is 0.119 e. The van der Waals surface area contributed by atoms with Crippen LogP contribution < -0.4 is 20.7 Å². The molecule has 6 nitrogen and oxygen atoms in total. The fraction of sp³-hybridized carbons (Fsp3) is 0.333. The minimum absolute atomic E-state index is 0.152. The lowest BCUT2D eigenvalue weighted by Crippen LogP contribution is -2.20. The van der Waals surface area contributed by atoms with Crippen LogP contribution >= 0.6 is 0 Å².